The van der Waals surface area contributed by atoms with Crippen LogP contribution in [0.3, 0.4) is 0 Å². The second kappa shape index (κ2) is 14.9. The number of allylic oxidation sites excluding steroid dienone is 12. The molecule has 1 aromatic heterocycles. The Morgan fingerprint density at radius 1 is 0.619 bits per heavy atom. The van der Waals surface area contributed by atoms with Gasteiger partial charge >= 0.3 is 0 Å². The highest BCUT2D eigenvalue weighted by atomic mass is 15.7. The standard InChI is InChI=1S/C36H50N6/c1-2-4-6-10-18-29(17-9-5-3-1)36-27-37-39-42(36)34-23-13-7-11-21-33(22-12-8-14-24-34)41-28-35(38-40-41)31-20-16-15-19-30-25-32(30)26-31/h7-8,11-14,21-24,27-32,38,40H,1-6,9-10,15-20,25-26H2/b11-7+,12-8?,13-7?,14-8-,21-11?,22-12?,23-13-,24-14?,33-21?,33-22?,34-23?,34-24+. The Morgan fingerprint density at radius 2 is 1.26 bits per heavy atom. The van der Waals surface area contributed by atoms with Gasteiger partial charge in [0, 0.05) is 23.7 Å². The van der Waals surface area contributed by atoms with E-state index >= 15 is 0 Å². The summed E-state index contributed by atoms with van der Waals surface area (Å²) in [4.78, 5) is 0. The summed E-state index contributed by atoms with van der Waals surface area (Å²) in [7, 11) is 0. The molecule has 6 heteroatoms. The summed E-state index contributed by atoms with van der Waals surface area (Å²) >= 11 is 0. The number of hydrogen-bond acceptors (Lipinski definition) is 5. The molecule has 0 aromatic carbocycles. The maximum Gasteiger partial charge on any atom is 0.0732 e. The Hall–Kier alpha value is -3.12. The van der Waals surface area contributed by atoms with Crippen molar-refractivity contribution in [1.82, 2.24) is 31.0 Å². The molecule has 3 saturated carbocycles. The predicted molar refractivity (Wildman–Crippen MR) is 172 cm³/mol. The molecule has 0 saturated heterocycles. The predicted octanol–water partition coefficient (Wildman–Crippen LogP) is 8.62. The highest BCUT2D eigenvalue weighted by Crippen LogP contribution is 2.49. The molecule has 2 N–H and O–H groups in total. The third-order valence-corrected chi connectivity index (χ3v) is 9.95. The van der Waals surface area contributed by atoms with E-state index in [-0.39, 0.29) is 0 Å². The second-order valence-corrected chi connectivity index (χ2v) is 13.0. The zero-order valence-corrected chi connectivity index (χ0v) is 25.3. The Morgan fingerprint density at radius 3 is 2.05 bits per heavy atom. The van der Waals surface area contributed by atoms with Gasteiger partial charge in [-0.05, 0) is 68.2 Å². The lowest BCUT2D eigenvalue weighted by molar-refractivity contribution is 0.332. The van der Waals surface area contributed by atoms with E-state index in [0.717, 1.165) is 23.2 Å². The minimum Gasteiger partial charge on any atom is -0.306 e. The van der Waals surface area contributed by atoms with Crippen LogP contribution in [0.2, 0.25) is 0 Å². The number of nitrogens with zero attached hydrogens (tertiary/aromatic N) is 4. The van der Waals surface area contributed by atoms with Crippen LogP contribution in [0.15, 0.2) is 84.6 Å². The molecule has 3 fully saturated rings. The van der Waals surface area contributed by atoms with E-state index in [0.29, 0.717) is 11.8 Å². The van der Waals surface area contributed by atoms with E-state index < -0.39 is 0 Å². The molecule has 1 aliphatic heterocycles. The summed E-state index contributed by atoms with van der Waals surface area (Å²) in [5, 5.41) is 11.1. The highest BCUT2D eigenvalue weighted by Gasteiger charge is 2.40. The second-order valence-electron chi connectivity index (χ2n) is 13.0. The molecule has 0 amide bonds. The van der Waals surface area contributed by atoms with Gasteiger partial charge in [-0.15, -0.1) is 10.6 Å². The van der Waals surface area contributed by atoms with E-state index in [1.807, 2.05) is 6.20 Å². The lowest BCUT2D eigenvalue weighted by Gasteiger charge is -2.20. The van der Waals surface area contributed by atoms with Crippen molar-refractivity contribution in [3.8, 4) is 0 Å². The van der Waals surface area contributed by atoms with Crippen LogP contribution in [0, 0.1) is 17.8 Å². The van der Waals surface area contributed by atoms with Crippen molar-refractivity contribution < 1.29 is 0 Å². The molecule has 4 aliphatic carbocycles. The van der Waals surface area contributed by atoms with Gasteiger partial charge in [-0.2, -0.15) is 0 Å². The minimum atomic E-state index is 0.520. The molecule has 3 atom stereocenters. The lowest BCUT2D eigenvalue weighted by Crippen LogP contribution is -2.36. The average molecular weight is 567 g/mol. The normalized spacial score (nSPS) is 31.7. The van der Waals surface area contributed by atoms with Crippen molar-refractivity contribution in [3.63, 3.8) is 0 Å². The maximum atomic E-state index is 4.56. The third kappa shape index (κ3) is 7.83. The molecule has 224 valence electrons. The Labute approximate surface area is 253 Å². The zero-order valence-electron chi connectivity index (χ0n) is 25.3. The summed E-state index contributed by atoms with van der Waals surface area (Å²) < 4.78 is 2.07. The van der Waals surface area contributed by atoms with Crippen LogP contribution in [0.25, 0.3) is 5.70 Å². The molecule has 0 bridgehead atoms. The van der Waals surface area contributed by atoms with Crippen molar-refractivity contribution in [3.05, 3.63) is 90.2 Å². The Kier molecular flexibility index (Phi) is 10.3. The molecule has 0 radical (unpaired) electrons. The van der Waals surface area contributed by atoms with Gasteiger partial charge in [0.2, 0.25) is 0 Å². The van der Waals surface area contributed by atoms with Gasteiger partial charge in [0.25, 0.3) is 0 Å². The van der Waals surface area contributed by atoms with Crippen molar-refractivity contribution in [2.45, 2.75) is 109 Å². The molecule has 1 aromatic rings. The van der Waals surface area contributed by atoms with Gasteiger partial charge in [0.1, 0.15) is 0 Å². The molecule has 0 spiro atoms. The van der Waals surface area contributed by atoms with Crippen molar-refractivity contribution >= 4 is 5.70 Å². The molecule has 6 nitrogen and oxygen atoms in total. The van der Waals surface area contributed by atoms with Gasteiger partial charge in [0.15, 0.2) is 0 Å². The first kappa shape index (κ1) is 29.0. The summed E-state index contributed by atoms with van der Waals surface area (Å²) in [6.07, 6.45) is 47.1. The van der Waals surface area contributed by atoms with Gasteiger partial charge in [-0.25, -0.2) is 4.68 Å². The first-order valence-electron chi connectivity index (χ1n) is 16.9. The SMILES string of the molecule is C1=CC(N2C=C(C3CCCCC4CC4C3)NN2)=C/C=C/C=C\C(n2nncc2C2CCCCCCCCCC2)=C/C=C\1. The third-order valence-electron chi connectivity index (χ3n) is 9.95. The summed E-state index contributed by atoms with van der Waals surface area (Å²) in [6, 6.07) is 0. The van der Waals surface area contributed by atoms with E-state index in [1.165, 1.54) is 114 Å². The molecule has 2 heterocycles. The van der Waals surface area contributed by atoms with Gasteiger partial charge in [0.05, 0.1) is 23.3 Å². The number of fused-ring (bicyclic) bond motifs is 1. The first-order chi connectivity index (χ1) is 20.8. The number of hydrazine groups is 2. The Balaban J connectivity index is 1.13. The quantitative estimate of drug-likeness (QED) is 0.382. The van der Waals surface area contributed by atoms with Crippen LogP contribution >= 0.6 is 0 Å². The molecule has 6 rings (SSSR count). The minimum absolute atomic E-state index is 0.520. The maximum absolute atomic E-state index is 4.56. The van der Waals surface area contributed by atoms with Crippen LogP contribution in [-0.2, 0) is 0 Å². The summed E-state index contributed by atoms with van der Waals surface area (Å²) in [5.74, 6) is 3.12. The summed E-state index contributed by atoms with van der Waals surface area (Å²) in [5.41, 5.74) is 11.6. The van der Waals surface area contributed by atoms with Gasteiger partial charge in [-0.3, -0.25) is 5.01 Å². The molecular weight excluding hydrogens is 516 g/mol. The molecular formula is C36H50N6. The molecule has 42 heavy (non-hydrogen) atoms. The lowest BCUT2D eigenvalue weighted by atomic mass is 9.89. The average Bonchev–Trinajstić information content (AvgIpc) is 3.32. The topological polar surface area (TPSA) is 58.0 Å². The van der Waals surface area contributed by atoms with Crippen LogP contribution in [0.5, 0.6) is 0 Å². The number of nitrogens with one attached hydrogen (secondary N) is 2. The van der Waals surface area contributed by atoms with Gasteiger partial charge < -0.3 is 5.43 Å². The zero-order chi connectivity index (χ0) is 28.4. The Bertz CT molecular complexity index is 1230. The number of aromatic nitrogens is 3. The van der Waals surface area contributed by atoms with E-state index in [9.17, 15) is 0 Å². The smallest absolute Gasteiger partial charge is 0.0732 e. The summed E-state index contributed by atoms with van der Waals surface area (Å²) in [6.45, 7) is 0. The number of rotatable bonds is 4. The molecule has 3 unspecified atom stereocenters. The van der Waals surface area contributed by atoms with Crippen LogP contribution in [-0.4, -0.2) is 20.0 Å². The van der Waals surface area contributed by atoms with E-state index in [2.05, 4.69) is 97.9 Å². The van der Waals surface area contributed by atoms with E-state index in [4.69, 9.17) is 0 Å². The fraction of sp³-hybridized carbons (Fsp3) is 0.556. The van der Waals surface area contributed by atoms with Crippen LogP contribution in [0.1, 0.15) is 114 Å². The largest absolute Gasteiger partial charge is 0.306 e. The van der Waals surface area contributed by atoms with Crippen LogP contribution in [0.4, 0.5) is 0 Å². The van der Waals surface area contributed by atoms with Crippen molar-refractivity contribution in [1.29, 1.82) is 0 Å². The van der Waals surface area contributed by atoms with Crippen molar-refractivity contribution in [2.75, 3.05) is 0 Å². The monoisotopic (exact) mass is 566 g/mol. The van der Waals surface area contributed by atoms with Crippen molar-refractivity contribution in [2.24, 2.45) is 17.8 Å². The number of hydrogen-bond donors (Lipinski definition) is 2. The van der Waals surface area contributed by atoms with Crippen LogP contribution < -0.4 is 11.0 Å². The highest BCUT2D eigenvalue weighted by molar-refractivity contribution is 5.60. The van der Waals surface area contributed by atoms with Gasteiger partial charge in [-0.1, -0.05) is 112 Å². The first-order valence-corrected chi connectivity index (χ1v) is 16.9. The molecule has 5 aliphatic rings. The van der Waals surface area contributed by atoms with E-state index in [1.54, 1.807) is 0 Å². The fourth-order valence-electron chi connectivity index (χ4n) is 7.35. The fourth-order valence-corrected chi connectivity index (χ4v) is 7.35.